The SMILES string of the molecule is CC(CC[SiH](CCC(C)=NO)CCC(C)=NO)=NO. The van der Waals surface area contributed by atoms with Crippen LogP contribution >= 0.6 is 0 Å². The van der Waals surface area contributed by atoms with Gasteiger partial charge >= 0.3 is 0 Å². The highest BCUT2D eigenvalue weighted by Crippen LogP contribution is 2.15. The largest absolute Gasteiger partial charge is 0.411 e. The molecule has 0 aromatic carbocycles. The third-order valence-electron chi connectivity index (χ3n) is 3.26. The van der Waals surface area contributed by atoms with Gasteiger partial charge < -0.3 is 15.6 Å². The number of nitrogens with zero attached hydrogens (tertiary/aromatic N) is 3. The first kappa shape index (κ1) is 17.6. The molecule has 3 N–H and O–H groups in total. The van der Waals surface area contributed by atoms with E-state index in [2.05, 4.69) is 15.5 Å². The molecule has 0 aliphatic carbocycles. The minimum Gasteiger partial charge on any atom is -0.411 e. The summed E-state index contributed by atoms with van der Waals surface area (Å²) in [6, 6.07) is 3.15. The lowest BCUT2D eigenvalue weighted by molar-refractivity contribution is 0.317. The van der Waals surface area contributed by atoms with Crippen molar-refractivity contribution < 1.29 is 15.6 Å². The molecule has 0 heterocycles. The first-order valence-corrected chi connectivity index (χ1v) is 9.01. The molecule has 0 aromatic rings. The Morgan fingerprint density at radius 2 is 0.947 bits per heavy atom. The van der Waals surface area contributed by atoms with E-state index in [1.165, 1.54) is 0 Å². The fourth-order valence-corrected chi connectivity index (χ4v) is 5.17. The molecule has 0 radical (unpaired) electrons. The van der Waals surface area contributed by atoms with Gasteiger partial charge in [-0.1, -0.05) is 33.6 Å². The molecule has 0 aliphatic rings. The van der Waals surface area contributed by atoms with E-state index in [0.29, 0.717) is 0 Å². The van der Waals surface area contributed by atoms with Gasteiger partial charge in [-0.3, -0.25) is 0 Å². The van der Waals surface area contributed by atoms with Gasteiger partial charge in [-0.2, -0.15) is 0 Å². The van der Waals surface area contributed by atoms with E-state index < -0.39 is 8.80 Å². The van der Waals surface area contributed by atoms with E-state index in [-0.39, 0.29) is 0 Å². The second-order valence-electron chi connectivity index (χ2n) is 4.99. The molecular weight excluding hydrogens is 262 g/mol. The monoisotopic (exact) mass is 287 g/mol. The van der Waals surface area contributed by atoms with Gasteiger partial charge in [0.05, 0.1) is 17.1 Å². The molecule has 0 amide bonds. The lowest BCUT2D eigenvalue weighted by Crippen LogP contribution is -2.16. The summed E-state index contributed by atoms with van der Waals surface area (Å²) in [6.07, 6.45) is 2.41. The summed E-state index contributed by atoms with van der Waals surface area (Å²) in [6.45, 7) is 5.44. The van der Waals surface area contributed by atoms with Crippen LogP contribution in [0.15, 0.2) is 15.5 Å². The van der Waals surface area contributed by atoms with Crippen LogP contribution in [-0.4, -0.2) is 41.6 Å². The Hall–Kier alpha value is -1.37. The van der Waals surface area contributed by atoms with Gasteiger partial charge in [0, 0.05) is 8.80 Å². The fourth-order valence-electron chi connectivity index (χ4n) is 1.82. The van der Waals surface area contributed by atoms with E-state index in [0.717, 1.165) is 54.5 Å². The summed E-state index contributed by atoms with van der Waals surface area (Å²) in [4.78, 5) is 0. The molecule has 7 heteroatoms. The molecule has 110 valence electrons. The number of oxime groups is 3. The van der Waals surface area contributed by atoms with Crippen LogP contribution in [0, 0.1) is 0 Å². The highest BCUT2D eigenvalue weighted by atomic mass is 28.3. The molecule has 0 saturated heterocycles. The van der Waals surface area contributed by atoms with Crippen molar-refractivity contribution in [1.82, 2.24) is 0 Å². The third kappa shape index (κ3) is 9.23. The molecule has 0 bridgehead atoms. The maximum Gasteiger partial charge on any atom is 0.0537 e. The molecule has 0 fully saturated rings. The number of hydrogen-bond donors (Lipinski definition) is 3. The third-order valence-corrected chi connectivity index (χ3v) is 6.57. The summed E-state index contributed by atoms with van der Waals surface area (Å²) >= 11 is 0. The summed E-state index contributed by atoms with van der Waals surface area (Å²) in [5, 5.41) is 35.6. The van der Waals surface area contributed by atoms with Gasteiger partial charge in [0.1, 0.15) is 0 Å². The molecule has 0 saturated carbocycles. The van der Waals surface area contributed by atoms with Crippen molar-refractivity contribution >= 4 is 25.9 Å². The lowest BCUT2D eigenvalue weighted by Gasteiger charge is -2.14. The minimum absolute atomic E-state index is 0.748. The predicted molar refractivity (Wildman–Crippen MR) is 80.1 cm³/mol. The second-order valence-corrected chi connectivity index (χ2v) is 8.45. The van der Waals surface area contributed by atoms with Crippen molar-refractivity contribution in [1.29, 1.82) is 0 Å². The highest BCUT2D eigenvalue weighted by Gasteiger charge is 2.13. The zero-order chi connectivity index (χ0) is 14.7. The Labute approximate surface area is 116 Å². The summed E-state index contributed by atoms with van der Waals surface area (Å²) in [5.41, 5.74) is 2.24. The molecule has 0 spiro atoms. The van der Waals surface area contributed by atoms with Crippen LogP contribution < -0.4 is 0 Å². The van der Waals surface area contributed by atoms with Crippen molar-refractivity contribution in [3.05, 3.63) is 0 Å². The summed E-state index contributed by atoms with van der Waals surface area (Å²) in [5.74, 6) is 0. The van der Waals surface area contributed by atoms with Gasteiger partial charge in [-0.25, -0.2) is 0 Å². The highest BCUT2D eigenvalue weighted by molar-refractivity contribution is 6.59. The molecule has 19 heavy (non-hydrogen) atoms. The first-order valence-electron chi connectivity index (χ1n) is 6.56. The van der Waals surface area contributed by atoms with Gasteiger partial charge in [0.2, 0.25) is 0 Å². The van der Waals surface area contributed by atoms with Crippen molar-refractivity contribution in [2.24, 2.45) is 15.5 Å². The molecule has 0 aliphatic heterocycles. The van der Waals surface area contributed by atoms with Crippen LogP contribution in [0.25, 0.3) is 0 Å². The van der Waals surface area contributed by atoms with Crippen LogP contribution in [0.1, 0.15) is 40.0 Å². The maximum atomic E-state index is 8.66. The van der Waals surface area contributed by atoms with Gasteiger partial charge in [-0.15, -0.1) is 0 Å². The molecule has 0 atom stereocenters. The van der Waals surface area contributed by atoms with E-state index in [9.17, 15) is 0 Å². The van der Waals surface area contributed by atoms with Crippen LogP contribution in [0.5, 0.6) is 0 Å². The normalized spacial score (nSPS) is 15.6. The van der Waals surface area contributed by atoms with Crippen molar-refractivity contribution in [2.75, 3.05) is 0 Å². The second kappa shape index (κ2) is 10.5. The van der Waals surface area contributed by atoms with Crippen LogP contribution in [0.2, 0.25) is 18.1 Å². The van der Waals surface area contributed by atoms with E-state index in [1.807, 2.05) is 20.8 Å². The average molecular weight is 287 g/mol. The standard InChI is InChI=1S/C12H25N3O3Si/c1-10(13-16)4-7-19(8-5-11(2)14-17)9-6-12(3)15-18/h16-19H,4-9H2,1-3H3. The molecule has 0 rings (SSSR count). The van der Waals surface area contributed by atoms with Crippen molar-refractivity contribution in [2.45, 2.75) is 58.2 Å². The van der Waals surface area contributed by atoms with E-state index in [1.54, 1.807) is 0 Å². The Morgan fingerprint density at radius 1 is 0.684 bits per heavy atom. The Bertz CT molecular complexity index is 291. The van der Waals surface area contributed by atoms with Crippen molar-refractivity contribution in [3.8, 4) is 0 Å². The summed E-state index contributed by atoms with van der Waals surface area (Å²) < 4.78 is 0. The first-order chi connectivity index (χ1) is 9.03. The molecule has 0 aromatic heterocycles. The number of hydrogen-bond acceptors (Lipinski definition) is 6. The van der Waals surface area contributed by atoms with Gasteiger partial charge in [0.25, 0.3) is 0 Å². The lowest BCUT2D eigenvalue weighted by atomic mass is 10.3. The number of rotatable bonds is 9. The van der Waals surface area contributed by atoms with Gasteiger partial charge in [0.15, 0.2) is 0 Å². The smallest absolute Gasteiger partial charge is 0.0537 e. The molecule has 0 unspecified atom stereocenters. The average Bonchev–Trinajstić information content (AvgIpc) is 2.44. The van der Waals surface area contributed by atoms with E-state index in [4.69, 9.17) is 15.6 Å². The van der Waals surface area contributed by atoms with Crippen LogP contribution in [0.3, 0.4) is 0 Å². The zero-order valence-electron chi connectivity index (χ0n) is 12.0. The van der Waals surface area contributed by atoms with Crippen LogP contribution in [-0.2, 0) is 0 Å². The Kier molecular flexibility index (Phi) is 9.78. The van der Waals surface area contributed by atoms with Crippen LogP contribution in [0.4, 0.5) is 0 Å². The predicted octanol–water partition coefficient (Wildman–Crippen LogP) is 2.93. The summed E-state index contributed by atoms with van der Waals surface area (Å²) in [7, 11) is -1.02. The molecular formula is C12H25N3O3Si. The quantitative estimate of drug-likeness (QED) is 0.263. The Morgan fingerprint density at radius 3 is 1.16 bits per heavy atom. The zero-order valence-corrected chi connectivity index (χ0v) is 13.2. The van der Waals surface area contributed by atoms with Crippen molar-refractivity contribution in [3.63, 3.8) is 0 Å². The topological polar surface area (TPSA) is 97.8 Å². The maximum absolute atomic E-state index is 8.66. The Balaban J connectivity index is 4.29. The minimum atomic E-state index is -1.02. The van der Waals surface area contributed by atoms with Gasteiger partial charge in [-0.05, 0) is 40.0 Å². The fraction of sp³-hybridized carbons (Fsp3) is 0.750. The molecule has 6 nitrogen and oxygen atoms in total. The van der Waals surface area contributed by atoms with E-state index >= 15 is 0 Å².